The van der Waals surface area contributed by atoms with E-state index in [1.807, 2.05) is 0 Å². The number of nitrogens with zero attached hydrogens (tertiary/aromatic N) is 1. The van der Waals surface area contributed by atoms with Crippen molar-refractivity contribution in [2.75, 3.05) is 12.3 Å². The zero-order chi connectivity index (χ0) is 15.8. The standard InChI is InChI=1S/C13H10ClF3N2O2/c1-2-21-12(20)7-5-19-10-4-8(13(15,16)17)9(14)3-6(10)11(7)18/h3-5H,2H2,1H3,(H2,18,19). The summed E-state index contributed by atoms with van der Waals surface area (Å²) in [6.07, 6.45) is -3.51. The van der Waals surface area contributed by atoms with Crippen LogP contribution in [0.25, 0.3) is 10.9 Å². The molecule has 2 rings (SSSR count). The Morgan fingerprint density at radius 3 is 2.67 bits per heavy atom. The van der Waals surface area contributed by atoms with E-state index in [2.05, 4.69) is 4.98 Å². The van der Waals surface area contributed by atoms with Crippen LogP contribution in [0.1, 0.15) is 22.8 Å². The van der Waals surface area contributed by atoms with Gasteiger partial charge in [-0.3, -0.25) is 4.98 Å². The van der Waals surface area contributed by atoms with Crippen molar-refractivity contribution < 1.29 is 22.7 Å². The predicted molar refractivity (Wildman–Crippen MR) is 72.1 cm³/mol. The third kappa shape index (κ3) is 2.87. The van der Waals surface area contributed by atoms with Gasteiger partial charge in [-0.25, -0.2) is 4.79 Å². The number of halogens is 4. The van der Waals surface area contributed by atoms with Crippen LogP contribution in [0.3, 0.4) is 0 Å². The van der Waals surface area contributed by atoms with Crippen molar-refractivity contribution >= 4 is 34.2 Å². The van der Waals surface area contributed by atoms with Crippen molar-refractivity contribution in [2.45, 2.75) is 13.1 Å². The third-order valence-corrected chi connectivity index (χ3v) is 3.11. The quantitative estimate of drug-likeness (QED) is 0.858. The smallest absolute Gasteiger partial charge is 0.417 e. The maximum absolute atomic E-state index is 12.8. The fraction of sp³-hybridized carbons (Fsp3) is 0.231. The van der Waals surface area contributed by atoms with E-state index in [4.69, 9.17) is 22.1 Å². The Morgan fingerprint density at radius 1 is 1.43 bits per heavy atom. The van der Waals surface area contributed by atoms with Crippen LogP contribution in [0.15, 0.2) is 18.3 Å². The molecule has 1 aromatic heterocycles. The van der Waals surface area contributed by atoms with Crippen LogP contribution in [0, 0.1) is 0 Å². The van der Waals surface area contributed by atoms with Gasteiger partial charge in [-0.2, -0.15) is 13.2 Å². The summed E-state index contributed by atoms with van der Waals surface area (Å²) in [6.45, 7) is 1.76. The normalized spacial score (nSPS) is 11.7. The first kappa shape index (κ1) is 15.4. The monoisotopic (exact) mass is 318 g/mol. The van der Waals surface area contributed by atoms with Gasteiger partial charge in [-0.1, -0.05) is 11.6 Å². The van der Waals surface area contributed by atoms with E-state index in [0.717, 1.165) is 18.3 Å². The number of benzene rings is 1. The molecule has 0 radical (unpaired) electrons. The number of alkyl halides is 3. The highest BCUT2D eigenvalue weighted by atomic mass is 35.5. The highest BCUT2D eigenvalue weighted by Crippen LogP contribution is 2.38. The summed E-state index contributed by atoms with van der Waals surface area (Å²) in [4.78, 5) is 15.5. The molecule has 4 nitrogen and oxygen atoms in total. The van der Waals surface area contributed by atoms with Crippen LogP contribution in [0.2, 0.25) is 5.02 Å². The molecular weight excluding hydrogens is 309 g/mol. The molecule has 0 atom stereocenters. The zero-order valence-electron chi connectivity index (χ0n) is 10.8. The number of rotatable bonds is 2. The number of nitrogens with two attached hydrogens (primary N) is 1. The maximum Gasteiger partial charge on any atom is 0.417 e. The van der Waals surface area contributed by atoms with E-state index in [0.29, 0.717) is 0 Å². The van der Waals surface area contributed by atoms with Crippen LogP contribution in [-0.4, -0.2) is 17.6 Å². The number of hydrogen-bond acceptors (Lipinski definition) is 4. The minimum Gasteiger partial charge on any atom is -0.462 e. The lowest BCUT2D eigenvalue weighted by atomic mass is 10.1. The molecule has 0 saturated heterocycles. The molecule has 0 amide bonds. The Morgan fingerprint density at radius 2 is 2.10 bits per heavy atom. The number of carbonyl (C=O) groups is 1. The largest absolute Gasteiger partial charge is 0.462 e. The van der Waals surface area contributed by atoms with Crippen LogP contribution in [0.5, 0.6) is 0 Å². The fourth-order valence-electron chi connectivity index (χ4n) is 1.82. The first-order valence-corrected chi connectivity index (χ1v) is 6.25. The molecule has 112 valence electrons. The van der Waals surface area contributed by atoms with Crippen LogP contribution >= 0.6 is 11.6 Å². The Labute approximate surface area is 122 Å². The number of hydrogen-bond donors (Lipinski definition) is 1. The molecule has 0 saturated carbocycles. The minimum atomic E-state index is -4.60. The molecule has 1 heterocycles. The van der Waals surface area contributed by atoms with Crippen molar-refractivity contribution in [3.63, 3.8) is 0 Å². The summed E-state index contributed by atoms with van der Waals surface area (Å²) in [5.74, 6) is -0.694. The number of carbonyl (C=O) groups excluding carboxylic acids is 1. The van der Waals surface area contributed by atoms with E-state index in [1.54, 1.807) is 6.92 Å². The predicted octanol–water partition coefficient (Wildman–Crippen LogP) is 3.67. The van der Waals surface area contributed by atoms with Gasteiger partial charge in [0.25, 0.3) is 0 Å². The molecule has 0 bridgehead atoms. The molecule has 0 fully saturated rings. The topological polar surface area (TPSA) is 65.2 Å². The highest BCUT2D eigenvalue weighted by Gasteiger charge is 2.34. The second-order valence-electron chi connectivity index (χ2n) is 4.15. The van der Waals surface area contributed by atoms with Crippen molar-refractivity contribution in [2.24, 2.45) is 0 Å². The van der Waals surface area contributed by atoms with E-state index in [9.17, 15) is 18.0 Å². The number of aromatic nitrogens is 1. The molecule has 0 spiro atoms. The van der Waals surface area contributed by atoms with Gasteiger partial charge >= 0.3 is 12.1 Å². The number of pyridine rings is 1. The van der Waals surface area contributed by atoms with Gasteiger partial charge in [-0.15, -0.1) is 0 Å². The Bertz CT molecular complexity index is 717. The molecule has 21 heavy (non-hydrogen) atoms. The van der Waals surface area contributed by atoms with Crippen LogP contribution in [0.4, 0.5) is 18.9 Å². The molecule has 2 N–H and O–H groups in total. The van der Waals surface area contributed by atoms with E-state index < -0.39 is 22.7 Å². The van der Waals surface area contributed by atoms with Crippen molar-refractivity contribution in [1.82, 2.24) is 4.98 Å². The van der Waals surface area contributed by atoms with Gasteiger partial charge < -0.3 is 10.5 Å². The lowest BCUT2D eigenvalue weighted by Crippen LogP contribution is -2.10. The van der Waals surface area contributed by atoms with E-state index >= 15 is 0 Å². The molecule has 0 aliphatic carbocycles. The average Bonchev–Trinajstić information content (AvgIpc) is 2.38. The molecular formula is C13H10ClF3N2O2. The second kappa shape index (κ2) is 5.40. The summed E-state index contributed by atoms with van der Waals surface area (Å²) in [5, 5.41) is -0.344. The van der Waals surface area contributed by atoms with Gasteiger partial charge in [0, 0.05) is 11.6 Å². The van der Waals surface area contributed by atoms with Crippen LogP contribution < -0.4 is 5.73 Å². The van der Waals surface area contributed by atoms with E-state index in [-0.39, 0.29) is 28.8 Å². The molecule has 8 heteroatoms. The zero-order valence-corrected chi connectivity index (χ0v) is 11.5. The first-order valence-electron chi connectivity index (χ1n) is 5.87. The summed E-state index contributed by atoms with van der Waals surface area (Å²) < 4.78 is 43.1. The van der Waals surface area contributed by atoms with Crippen molar-refractivity contribution in [3.05, 3.63) is 34.5 Å². The number of ether oxygens (including phenoxy) is 1. The summed E-state index contributed by atoms with van der Waals surface area (Å²) >= 11 is 5.63. The maximum atomic E-state index is 12.8. The summed E-state index contributed by atoms with van der Waals surface area (Å²) in [7, 11) is 0. The fourth-order valence-corrected chi connectivity index (χ4v) is 2.09. The highest BCUT2D eigenvalue weighted by molar-refractivity contribution is 6.32. The van der Waals surface area contributed by atoms with Crippen LogP contribution in [-0.2, 0) is 10.9 Å². The average molecular weight is 319 g/mol. The third-order valence-electron chi connectivity index (χ3n) is 2.80. The lowest BCUT2D eigenvalue weighted by Gasteiger charge is -2.12. The number of nitrogen functional groups attached to an aromatic ring is 1. The molecule has 0 aliphatic heterocycles. The Balaban J connectivity index is 2.65. The number of anilines is 1. The molecule has 2 aromatic rings. The van der Waals surface area contributed by atoms with Gasteiger partial charge in [0.05, 0.1) is 28.4 Å². The Hall–Kier alpha value is -2.02. The lowest BCUT2D eigenvalue weighted by molar-refractivity contribution is -0.137. The van der Waals surface area contributed by atoms with Gasteiger partial charge in [0.2, 0.25) is 0 Å². The Kier molecular flexibility index (Phi) is 3.95. The molecule has 1 aromatic carbocycles. The SMILES string of the molecule is CCOC(=O)c1cnc2cc(C(F)(F)F)c(Cl)cc2c1N. The van der Waals surface area contributed by atoms with Crippen molar-refractivity contribution in [3.8, 4) is 0 Å². The molecule has 0 unspecified atom stereocenters. The summed E-state index contributed by atoms with van der Waals surface area (Å²) in [6, 6.07) is 1.84. The van der Waals surface area contributed by atoms with Gasteiger partial charge in [0.15, 0.2) is 0 Å². The van der Waals surface area contributed by atoms with E-state index in [1.165, 1.54) is 0 Å². The minimum absolute atomic E-state index is 0.00252. The van der Waals surface area contributed by atoms with Gasteiger partial charge in [0.1, 0.15) is 5.56 Å². The first-order chi connectivity index (χ1) is 9.75. The second-order valence-corrected chi connectivity index (χ2v) is 4.56. The number of fused-ring (bicyclic) bond motifs is 1. The van der Waals surface area contributed by atoms with Gasteiger partial charge in [-0.05, 0) is 19.1 Å². The molecule has 0 aliphatic rings. The number of esters is 1. The van der Waals surface area contributed by atoms with Crippen molar-refractivity contribution in [1.29, 1.82) is 0 Å². The summed E-state index contributed by atoms with van der Waals surface area (Å²) in [5.41, 5.74) is 4.75.